The van der Waals surface area contributed by atoms with Crippen LogP contribution in [0.1, 0.15) is 16.2 Å². The molecule has 0 unspecified atom stereocenters. The molecule has 0 aromatic carbocycles. The number of amides is 1. The van der Waals surface area contributed by atoms with Crippen molar-refractivity contribution in [2.45, 2.75) is 6.92 Å². The molecule has 3 rings (SSSR count). The molecule has 3 heterocycles. The molecule has 0 radical (unpaired) electrons. The van der Waals surface area contributed by atoms with Gasteiger partial charge in [-0.1, -0.05) is 6.07 Å². The van der Waals surface area contributed by atoms with E-state index in [1.807, 2.05) is 30.0 Å². The summed E-state index contributed by atoms with van der Waals surface area (Å²) in [5.41, 5.74) is 1.27. The summed E-state index contributed by atoms with van der Waals surface area (Å²) in [7, 11) is 0. The van der Waals surface area contributed by atoms with E-state index in [0.717, 1.165) is 24.6 Å². The molecule has 2 aromatic heterocycles. The third-order valence-corrected chi connectivity index (χ3v) is 3.56. The van der Waals surface area contributed by atoms with Crippen molar-refractivity contribution in [2.75, 3.05) is 31.1 Å². The highest BCUT2D eigenvalue weighted by Gasteiger charge is 2.23. The fourth-order valence-electron chi connectivity index (χ4n) is 2.41. The van der Waals surface area contributed by atoms with Crippen molar-refractivity contribution >= 4 is 11.7 Å². The summed E-state index contributed by atoms with van der Waals surface area (Å²) in [6.07, 6.45) is 3.23. The summed E-state index contributed by atoms with van der Waals surface area (Å²) in [6, 6.07) is 7.60. The molecular weight excluding hydrogens is 266 g/mol. The van der Waals surface area contributed by atoms with Crippen molar-refractivity contribution in [2.24, 2.45) is 0 Å². The van der Waals surface area contributed by atoms with E-state index >= 15 is 0 Å². The van der Waals surface area contributed by atoms with Gasteiger partial charge in [-0.25, -0.2) is 15.0 Å². The second-order valence-electron chi connectivity index (χ2n) is 5.01. The molecule has 1 amide bonds. The molecule has 108 valence electrons. The van der Waals surface area contributed by atoms with Gasteiger partial charge < -0.3 is 9.80 Å². The number of carbonyl (C=O) groups is 1. The second kappa shape index (κ2) is 5.87. The van der Waals surface area contributed by atoms with E-state index in [2.05, 4.69) is 19.9 Å². The van der Waals surface area contributed by atoms with Gasteiger partial charge in [0.05, 0.1) is 0 Å². The average Bonchev–Trinajstić information content (AvgIpc) is 2.55. The zero-order valence-corrected chi connectivity index (χ0v) is 11.9. The minimum atomic E-state index is -0.0267. The Morgan fingerprint density at radius 3 is 2.57 bits per heavy atom. The van der Waals surface area contributed by atoms with Gasteiger partial charge in [0.25, 0.3) is 5.91 Å². The van der Waals surface area contributed by atoms with Gasteiger partial charge in [-0.05, 0) is 25.1 Å². The topological polar surface area (TPSA) is 62.2 Å². The summed E-state index contributed by atoms with van der Waals surface area (Å²) >= 11 is 0. The predicted octanol–water partition coefficient (Wildman–Crippen LogP) is 1.14. The fraction of sp³-hybridized carbons (Fsp3) is 0.333. The van der Waals surface area contributed by atoms with Crippen LogP contribution in [0.2, 0.25) is 0 Å². The van der Waals surface area contributed by atoms with Crippen molar-refractivity contribution in [3.05, 3.63) is 48.2 Å². The normalized spacial score (nSPS) is 15.1. The lowest BCUT2D eigenvalue weighted by molar-refractivity contribution is 0.0740. The van der Waals surface area contributed by atoms with Gasteiger partial charge in [-0.15, -0.1) is 0 Å². The monoisotopic (exact) mass is 283 g/mol. The Kier molecular flexibility index (Phi) is 3.77. The van der Waals surface area contributed by atoms with Crippen molar-refractivity contribution in [3.63, 3.8) is 0 Å². The zero-order valence-electron chi connectivity index (χ0n) is 11.9. The van der Waals surface area contributed by atoms with E-state index in [1.54, 1.807) is 12.3 Å². The molecule has 0 saturated carbocycles. The van der Waals surface area contributed by atoms with E-state index < -0.39 is 0 Å². The van der Waals surface area contributed by atoms with Crippen LogP contribution in [-0.4, -0.2) is 51.9 Å². The lowest BCUT2D eigenvalue weighted by atomic mass is 10.2. The average molecular weight is 283 g/mol. The van der Waals surface area contributed by atoms with Crippen LogP contribution in [0.4, 0.5) is 5.82 Å². The molecule has 0 N–H and O–H groups in total. The van der Waals surface area contributed by atoms with Crippen LogP contribution < -0.4 is 4.90 Å². The Morgan fingerprint density at radius 2 is 1.90 bits per heavy atom. The van der Waals surface area contributed by atoms with E-state index in [-0.39, 0.29) is 5.91 Å². The van der Waals surface area contributed by atoms with Gasteiger partial charge in [0.1, 0.15) is 17.8 Å². The highest BCUT2D eigenvalue weighted by atomic mass is 16.2. The van der Waals surface area contributed by atoms with Crippen LogP contribution in [0.25, 0.3) is 0 Å². The van der Waals surface area contributed by atoms with E-state index in [1.165, 1.54) is 6.33 Å². The first kappa shape index (κ1) is 13.5. The van der Waals surface area contributed by atoms with Crippen molar-refractivity contribution in [1.29, 1.82) is 0 Å². The van der Waals surface area contributed by atoms with Crippen LogP contribution in [0.15, 0.2) is 36.8 Å². The summed E-state index contributed by atoms with van der Waals surface area (Å²) in [4.78, 5) is 28.8. The molecule has 2 aromatic rings. The Labute approximate surface area is 123 Å². The first-order valence-corrected chi connectivity index (χ1v) is 6.98. The quantitative estimate of drug-likeness (QED) is 0.827. The summed E-state index contributed by atoms with van der Waals surface area (Å²) in [5, 5.41) is 0. The number of aromatic nitrogens is 3. The van der Waals surface area contributed by atoms with Crippen molar-refractivity contribution in [1.82, 2.24) is 19.9 Å². The number of piperazine rings is 1. The van der Waals surface area contributed by atoms with E-state index in [0.29, 0.717) is 18.8 Å². The van der Waals surface area contributed by atoms with Crippen LogP contribution in [0, 0.1) is 6.92 Å². The van der Waals surface area contributed by atoms with Gasteiger partial charge in [0.2, 0.25) is 0 Å². The third-order valence-electron chi connectivity index (χ3n) is 3.56. The van der Waals surface area contributed by atoms with Crippen LogP contribution in [0.3, 0.4) is 0 Å². The molecule has 0 bridgehead atoms. The number of anilines is 1. The van der Waals surface area contributed by atoms with Gasteiger partial charge in [0, 0.05) is 38.1 Å². The number of hydrogen-bond donors (Lipinski definition) is 0. The zero-order chi connectivity index (χ0) is 14.7. The summed E-state index contributed by atoms with van der Waals surface area (Å²) in [6.45, 7) is 4.79. The maximum Gasteiger partial charge on any atom is 0.272 e. The number of aryl methyl sites for hydroxylation is 1. The van der Waals surface area contributed by atoms with Gasteiger partial charge >= 0.3 is 0 Å². The van der Waals surface area contributed by atoms with Crippen molar-refractivity contribution in [3.8, 4) is 0 Å². The van der Waals surface area contributed by atoms with Gasteiger partial charge in [-0.3, -0.25) is 4.79 Å². The van der Waals surface area contributed by atoms with Gasteiger partial charge in [0.15, 0.2) is 0 Å². The number of hydrogen-bond acceptors (Lipinski definition) is 5. The fourth-order valence-corrected chi connectivity index (χ4v) is 2.41. The number of nitrogens with zero attached hydrogens (tertiary/aromatic N) is 5. The Hall–Kier alpha value is -2.50. The minimum Gasteiger partial charge on any atom is -0.353 e. The molecule has 0 atom stereocenters. The first-order chi connectivity index (χ1) is 10.2. The number of carbonyl (C=O) groups excluding carboxylic acids is 1. The van der Waals surface area contributed by atoms with Crippen LogP contribution in [-0.2, 0) is 0 Å². The molecule has 0 spiro atoms. The van der Waals surface area contributed by atoms with Crippen LogP contribution >= 0.6 is 0 Å². The Balaban J connectivity index is 1.64. The molecular formula is C15H17N5O. The number of rotatable bonds is 2. The van der Waals surface area contributed by atoms with Crippen LogP contribution in [0.5, 0.6) is 0 Å². The minimum absolute atomic E-state index is 0.0267. The SMILES string of the molecule is Cc1cc(C(=O)N2CCN(c3ccccn3)CC2)ncn1. The first-order valence-electron chi connectivity index (χ1n) is 6.98. The largest absolute Gasteiger partial charge is 0.353 e. The molecule has 1 aliphatic rings. The predicted molar refractivity (Wildman–Crippen MR) is 79.1 cm³/mol. The highest BCUT2D eigenvalue weighted by Crippen LogP contribution is 2.13. The summed E-state index contributed by atoms with van der Waals surface area (Å²) < 4.78 is 0. The smallest absolute Gasteiger partial charge is 0.272 e. The van der Waals surface area contributed by atoms with E-state index in [9.17, 15) is 4.79 Å². The Bertz CT molecular complexity index is 623. The number of pyridine rings is 1. The van der Waals surface area contributed by atoms with E-state index in [4.69, 9.17) is 0 Å². The van der Waals surface area contributed by atoms with Gasteiger partial charge in [-0.2, -0.15) is 0 Å². The summed E-state index contributed by atoms with van der Waals surface area (Å²) in [5.74, 6) is 0.934. The Morgan fingerprint density at radius 1 is 1.10 bits per heavy atom. The van der Waals surface area contributed by atoms with Crippen molar-refractivity contribution < 1.29 is 4.79 Å². The standard InChI is InChI=1S/C15H17N5O/c1-12-10-13(18-11-17-12)15(21)20-8-6-19(7-9-20)14-4-2-3-5-16-14/h2-5,10-11H,6-9H2,1H3. The molecule has 1 aliphatic heterocycles. The lowest BCUT2D eigenvalue weighted by Crippen LogP contribution is -2.49. The molecule has 21 heavy (non-hydrogen) atoms. The molecule has 6 nitrogen and oxygen atoms in total. The lowest BCUT2D eigenvalue weighted by Gasteiger charge is -2.35. The molecule has 1 fully saturated rings. The molecule has 0 aliphatic carbocycles. The highest BCUT2D eigenvalue weighted by molar-refractivity contribution is 5.92. The maximum atomic E-state index is 12.4. The molecule has 1 saturated heterocycles. The second-order valence-corrected chi connectivity index (χ2v) is 5.01. The molecule has 6 heteroatoms. The maximum absolute atomic E-state index is 12.4. The third kappa shape index (κ3) is 2.99.